The maximum Gasteiger partial charge on any atom is 0.134 e. The first-order valence-corrected chi connectivity index (χ1v) is 6.52. The first-order chi connectivity index (χ1) is 9.52. The number of hydrogen-bond donors (Lipinski definition) is 0. The summed E-state index contributed by atoms with van der Waals surface area (Å²) in [5, 5.41) is 0.210. The molecular formula is C14H9Cl2F2NO. The Kier molecular flexibility index (Phi) is 4.68. The minimum absolute atomic E-state index is 0.101. The van der Waals surface area contributed by atoms with E-state index in [0.717, 1.165) is 18.4 Å². The molecule has 0 aliphatic heterocycles. The molecule has 0 N–H and O–H groups in total. The van der Waals surface area contributed by atoms with Crippen molar-refractivity contribution in [2.75, 3.05) is 0 Å². The summed E-state index contributed by atoms with van der Waals surface area (Å²) in [5.41, 5.74) is 1.08. The van der Waals surface area contributed by atoms with Crippen molar-refractivity contribution in [3.05, 3.63) is 51.8 Å². The van der Waals surface area contributed by atoms with Crippen molar-refractivity contribution in [1.29, 1.82) is 0 Å². The van der Waals surface area contributed by atoms with Crippen LogP contribution in [0.1, 0.15) is 12.0 Å². The molecule has 0 amide bonds. The van der Waals surface area contributed by atoms with E-state index in [1.807, 2.05) is 0 Å². The van der Waals surface area contributed by atoms with Crippen LogP contribution in [0.2, 0.25) is 10.3 Å². The van der Waals surface area contributed by atoms with Crippen LogP contribution in [0.15, 0.2) is 24.3 Å². The van der Waals surface area contributed by atoms with Gasteiger partial charge in [0.05, 0.1) is 0 Å². The molecule has 1 heterocycles. The number of carbonyl (C=O) groups is 1. The van der Waals surface area contributed by atoms with Crippen LogP contribution in [0.25, 0.3) is 11.1 Å². The fraction of sp³-hybridized carbons (Fsp3) is 0.143. The number of pyridine rings is 1. The Morgan fingerprint density at radius 2 is 1.90 bits per heavy atom. The van der Waals surface area contributed by atoms with Gasteiger partial charge in [0.25, 0.3) is 0 Å². The maximum absolute atomic E-state index is 13.9. The molecule has 2 nitrogen and oxygen atoms in total. The van der Waals surface area contributed by atoms with Crippen molar-refractivity contribution in [3.63, 3.8) is 0 Å². The fourth-order valence-electron chi connectivity index (χ4n) is 1.90. The predicted molar refractivity (Wildman–Crippen MR) is 74.0 cm³/mol. The Morgan fingerprint density at radius 1 is 1.15 bits per heavy atom. The summed E-state index contributed by atoms with van der Waals surface area (Å²) in [5.74, 6) is -1.40. The highest BCUT2D eigenvalue weighted by Gasteiger charge is 2.15. The molecule has 0 radical (unpaired) electrons. The van der Waals surface area contributed by atoms with Gasteiger partial charge in [-0.1, -0.05) is 23.2 Å². The second-order valence-corrected chi connectivity index (χ2v) is 4.84. The third kappa shape index (κ3) is 3.14. The molecule has 1 aromatic heterocycles. The van der Waals surface area contributed by atoms with Crippen molar-refractivity contribution >= 4 is 29.5 Å². The van der Waals surface area contributed by atoms with Gasteiger partial charge >= 0.3 is 0 Å². The molecular weight excluding hydrogens is 307 g/mol. The lowest BCUT2D eigenvalue weighted by Crippen LogP contribution is -1.98. The SMILES string of the molecule is O=CCCc1c(-c2ccc(F)cc2F)cc(Cl)nc1Cl. The summed E-state index contributed by atoms with van der Waals surface area (Å²) >= 11 is 11.8. The van der Waals surface area contributed by atoms with Gasteiger partial charge in [0.15, 0.2) is 0 Å². The van der Waals surface area contributed by atoms with Gasteiger partial charge in [-0.15, -0.1) is 0 Å². The quantitative estimate of drug-likeness (QED) is 0.615. The van der Waals surface area contributed by atoms with Crippen LogP contribution in [-0.4, -0.2) is 11.3 Å². The maximum atomic E-state index is 13.9. The molecule has 0 saturated carbocycles. The van der Waals surface area contributed by atoms with Gasteiger partial charge in [-0.2, -0.15) is 0 Å². The van der Waals surface area contributed by atoms with E-state index in [1.165, 1.54) is 12.1 Å². The lowest BCUT2D eigenvalue weighted by molar-refractivity contribution is -0.107. The zero-order chi connectivity index (χ0) is 14.7. The Bertz CT molecular complexity index is 662. The summed E-state index contributed by atoms with van der Waals surface area (Å²) in [6, 6.07) is 4.67. The molecule has 2 rings (SSSR count). The molecule has 0 fully saturated rings. The van der Waals surface area contributed by atoms with Crippen LogP contribution >= 0.6 is 23.2 Å². The molecule has 104 valence electrons. The minimum Gasteiger partial charge on any atom is -0.303 e. The van der Waals surface area contributed by atoms with E-state index in [0.29, 0.717) is 17.5 Å². The van der Waals surface area contributed by atoms with E-state index >= 15 is 0 Å². The zero-order valence-electron chi connectivity index (χ0n) is 10.2. The second-order valence-electron chi connectivity index (χ2n) is 4.09. The average Bonchev–Trinajstić information content (AvgIpc) is 2.37. The molecule has 1 aromatic carbocycles. The third-order valence-corrected chi connectivity index (χ3v) is 3.28. The number of halogens is 4. The fourth-order valence-corrected chi connectivity index (χ4v) is 2.42. The van der Waals surface area contributed by atoms with Gasteiger partial charge < -0.3 is 4.79 Å². The Labute approximate surface area is 124 Å². The molecule has 20 heavy (non-hydrogen) atoms. The number of aldehydes is 1. The van der Waals surface area contributed by atoms with Crippen LogP contribution in [0, 0.1) is 11.6 Å². The smallest absolute Gasteiger partial charge is 0.134 e. The second kappa shape index (κ2) is 6.29. The van der Waals surface area contributed by atoms with Crippen LogP contribution in [0.5, 0.6) is 0 Å². The lowest BCUT2D eigenvalue weighted by atomic mass is 9.98. The summed E-state index contributed by atoms with van der Waals surface area (Å²) in [7, 11) is 0. The molecule has 0 bridgehead atoms. The molecule has 0 aliphatic rings. The normalized spacial score (nSPS) is 10.6. The highest BCUT2D eigenvalue weighted by Crippen LogP contribution is 2.33. The van der Waals surface area contributed by atoms with Crippen molar-refractivity contribution < 1.29 is 13.6 Å². The highest BCUT2D eigenvalue weighted by atomic mass is 35.5. The molecule has 0 saturated heterocycles. The summed E-state index contributed by atoms with van der Waals surface area (Å²) in [6.45, 7) is 0. The first kappa shape index (κ1) is 14.9. The topological polar surface area (TPSA) is 30.0 Å². The Balaban J connectivity index is 2.61. The van der Waals surface area contributed by atoms with Gasteiger partial charge in [-0.25, -0.2) is 13.8 Å². The number of hydrogen-bond acceptors (Lipinski definition) is 2. The van der Waals surface area contributed by atoms with Gasteiger partial charge in [0, 0.05) is 18.1 Å². The van der Waals surface area contributed by atoms with Crippen LogP contribution in [-0.2, 0) is 11.2 Å². The van der Waals surface area contributed by atoms with Crippen LogP contribution < -0.4 is 0 Å². The number of nitrogens with zero attached hydrogens (tertiary/aromatic N) is 1. The molecule has 6 heteroatoms. The van der Waals surface area contributed by atoms with Gasteiger partial charge in [-0.05, 0) is 35.7 Å². The molecule has 2 aromatic rings. The van der Waals surface area contributed by atoms with E-state index in [9.17, 15) is 13.6 Å². The van der Waals surface area contributed by atoms with Crippen molar-refractivity contribution in [3.8, 4) is 11.1 Å². The largest absolute Gasteiger partial charge is 0.303 e. The Morgan fingerprint density at radius 3 is 2.55 bits per heavy atom. The molecule has 0 aliphatic carbocycles. The minimum atomic E-state index is -0.726. The van der Waals surface area contributed by atoms with Crippen molar-refractivity contribution in [1.82, 2.24) is 4.98 Å². The first-order valence-electron chi connectivity index (χ1n) is 5.77. The van der Waals surface area contributed by atoms with Crippen molar-refractivity contribution in [2.24, 2.45) is 0 Å². The number of benzene rings is 1. The lowest BCUT2D eigenvalue weighted by Gasteiger charge is -2.12. The zero-order valence-corrected chi connectivity index (χ0v) is 11.7. The average molecular weight is 316 g/mol. The van der Waals surface area contributed by atoms with Crippen molar-refractivity contribution in [2.45, 2.75) is 12.8 Å². The monoisotopic (exact) mass is 315 g/mol. The highest BCUT2D eigenvalue weighted by molar-refractivity contribution is 6.33. The number of carbonyl (C=O) groups excluding carboxylic acids is 1. The van der Waals surface area contributed by atoms with Gasteiger partial charge in [0.1, 0.15) is 28.2 Å². The number of rotatable bonds is 4. The van der Waals surface area contributed by atoms with Crippen LogP contribution in [0.4, 0.5) is 8.78 Å². The summed E-state index contributed by atoms with van der Waals surface area (Å²) in [6.07, 6.45) is 1.26. The molecule has 0 spiro atoms. The van der Waals surface area contributed by atoms with E-state index in [-0.39, 0.29) is 22.3 Å². The van der Waals surface area contributed by atoms with Crippen LogP contribution in [0.3, 0.4) is 0 Å². The Hall–Kier alpha value is -1.52. The third-order valence-electron chi connectivity index (χ3n) is 2.78. The summed E-state index contributed by atoms with van der Waals surface area (Å²) in [4.78, 5) is 14.4. The van der Waals surface area contributed by atoms with Gasteiger partial charge in [-0.3, -0.25) is 0 Å². The van der Waals surface area contributed by atoms with E-state index in [1.54, 1.807) is 0 Å². The van der Waals surface area contributed by atoms with E-state index in [4.69, 9.17) is 23.2 Å². The molecule has 0 atom stereocenters. The standard InChI is InChI=1S/C14H9Cl2F2NO/c15-13-7-11(9-4-3-8(17)6-12(9)18)10(2-1-5-20)14(16)19-13/h3-7H,1-2H2. The molecule has 0 unspecified atom stereocenters. The predicted octanol–water partition coefficient (Wildman–Crippen LogP) is 4.47. The van der Waals surface area contributed by atoms with Gasteiger partial charge in [0.2, 0.25) is 0 Å². The van der Waals surface area contributed by atoms with E-state index < -0.39 is 11.6 Å². The number of aromatic nitrogens is 1. The summed E-state index contributed by atoms with van der Waals surface area (Å²) < 4.78 is 26.9. The van der Waals surface area contributed by atoms with E-state index in [2.05, 4.69) is 4.98 Å².